The van der Waals surface area contributed by atoms with Crippen LogP contribution in [0.25, 0.3) is 0 Å². The molecule has 4 amide bonds. The number of carbonyl (C=O) groups excluding carboxylic acids is 3. The molecule has 146 valence electrons. The van der Waals surface area contributed by atoms with Crippen molar-refractivity contribution in [2.45, 2.75) is 19.0 Å². The Hall–Kier alpha value is -3.07. The number of urea groups is 1. The smallest absolute Gasteiger partial charge is 0.325 e. The molecule has 2 aliphatic heterocycles. The summed E-state index contributed by atoms with van der Waals surface area (Å²) in [6.45, 7) is 2.52. The number of carbonyl (C=O) groups is 3. The normalized spacial score (nSPS) is 20.8. The highest BCUT2D eigenvalue weighted by Crippen LogP contribution is 2.36. The minimum Gasteiger partial charge on any atom is -0.486 e. The molecule has 1 atom stereocenters. The number of amides is 4. The molecular weight excluding hydrogens is 382 g/mol. The maximum atomic E-state index is 13.0. The van der Waals surface area contributed by atoms with Crippen LogP contribution in [-0.4, -0.2) is 42.5 Å². The van der Waals surface area contributed by atoms with E-state index in [9.17, 15) is 14.4 Å². The number of hydrogen-bond donors (Lipinski definition) is 2. The quantitative estimate of drug-likeness (QED) is 0.742. The minimum absolute atomic E-state index is 0.337. The fraction of sp³-hybridized carbons (Fsp3) is 0.316. The van der Waals surface area contributed by atoms with Crippen molar-refractivity contribution in [1.82, 2.24) is 15.5 Å². The summed E-state index contributed by atoms with van der Waals surface area (Å²) in [6.07, 6.45) is 0. The van der Waals surface area contributed by atoms with E-state index in [4.69, 9.17) is 9.47 Å². The van der Waals surface area contributed by atoms with E-state index in [1.54, 1.807) is 25.1 Å². The third-order valence-electron chi connectivity index (χ3n) is 4.74. The van der Waals surface area contributed by atoms with E-state index in [1.807, 2.05) is 17.5 Å². The Bertz CT molecular complexity index is 930. The molecule has 1 saturated heterocycles. The Morgan fingerprint density at radius 1 is 1.25 bits per heavy atom. The van der Waals surface area contributed by atoms with Crippen molar-refractivity contribution >= 4 is 29.2 Å². The average molecular weight is 401 g/mol. The molecule has 1 aromatic carbocycles. The number of hydrogen-bond acceptors (Lipinski definition) is 6. The summed E-state index contributed by atoms with van der Waals surface area (Å²) in [5, 5.41) is 7.33. The third-order valence-corrected chi connectivity index (χ3v) is 5.61. The second-order valence-electron chi connectivity index (χ2n) is 6.66. The first-order chi connectivity index (χ1) is 13.5. The van der Waals surface area contributed by atoms with E-state index in [2.05, 4.69) is 10.6 Å². The number of rotatable bonds is 5. The van der Waals surface area contributed by atoms with E-state index in [-0.39, 0.29) is 6.54 Å². The van der Waals surface area contributed by atoms with Gasteiger partial charge < -0.3 is 20.1 Å². The molecule has 28 heavy (non-hydrogen) atoms. The average Bonchev–Trinajstić information content (AvgIpc) is 3.29. The number of nitrogens with zero attached hydrogens (tertiary/aromatic N) is 1. The van der Waals surface area contributed by atoms with Crippen molar-refractivity contribution in [3.63, 3.8) is 0 Å². The zero-order valence-electron chi connectivity index (χ0n) is 15.2. The van der Waals surface area contributed by atoms with Crippen LogP contribution in [0.1, 0.15) is 17.4 Å². The lowest BCUT2D eigenvalue weighted by atomic mass is 9.91. The Kier molecular flexibility index (Phi) is 4.68. The van der Waals surface area contributed by atoms with Crippen LogP contribution in [0.4, 0.5) is 4.79 Å². The van der Waals surface area contributed by atoms with Crippen LogP contribution in [0.2, 0.25) is 0 Å². The second-order valence-corrected chi connectivity index (χ2v) is 7.69. The van der Waals surface area contributed by atoms with Gasteiger partial charge in [-0.05, 0) is 36.1 Å². The highest BCUT2D eigenvalue weighted by atomic mass is 32.1. The predicted molar refractivity (Wildman–Crippen MR) is 101 cm³/mol. The zero-order chi connectivity index (χ0) is 19.7. The molecule has 2 aromatic rings. The van der Waals surface area contributed by atoms with Gasteiger partial charge in [-0.2, -0.15) is 0 Å². The van der Waals surface area contributed by atoms with Crippen molar-refractivity contribution in [2.24, 2.45) is 0 Å². The number of imide groups is 1. The summed E-state index contributed by atoms with van der Waals surface area (Å²) < 4.78 is 11.1. The van der Waals surface area contributed by atoms with Gasteiger partial charge in [0.25, 0.3) is 5.91 Å². The lowest BCUT2D eigenvalue weighted by molar-refractivity contribution is -0.134. The first-order valence-electron chi connectivity index (χ1n) is 8.81. The van der Waals surface area contributed by atoms with Crippen LogP contribution in [0, 0.1) is 0 Å². The molecule has 0 spiro atoms. The third kappa shape index (κ3) is 3.29. The van der Waals surface area contributed by atoms with Gasteiger partial charge in [-0.3, -0.25) is 14.5 Å². The molecule has 2 aliphatic rings. The molecule has 4 rings (SSSR count). The number of thiophene rings is 1. The number of ether oxygens (including phenoxy) is 2. The summed E-state index contributed by atoms with van der Waals surface area (Å²) in [5.41, 5.74) is -0.711. The molecular formula is C19H19N3O5S. The lowest BCUT2D eigenvalue weighted by Crippen LogP contribution is -2.43. The summed E-state index contributed by atoms with van der Waals surface area (Å²) in [7, 11) is 0. The molecule has 3 heterocycles. The van der Waals surface area contributed by atoms with Gasteiger partial charge in [0, 0.05) is 4.88 Å². The second kappa shape index (κ2) is 7.16. The molecule has 9 heteroatoms. The Labute approximate surface area is 165 Å². The maximum absolute atomic E-state index is 13.0. The Morgan fingerprint density at radius 3 is 2.79 bits per heavy atom. The monoisotopic (exact) mass is 401 g/mol. The SMILES string of the molecule is C[C@]1(c2ccc3c(c2)OCCO3)NC(=O)N(CC(=O)NCc2cccs2)C1=O. The van der Waals surface area contributed by atoms with Gasteiger partial charge in [0.05, 0.1) is 6.54 Å². The van der Waals surface area contributed by atoms with Crippen molar-refractivity contribution in [3.05, 3.63) is 46.2 Å². The van der Waals surface area contributed by atoms with Gasteiger partial charge >= 0.3 is 6.03 Å². The van der Waals surface area contributed by atoms with Crippen LogP contribution in [0.15, 0.2) is 35.7 Å². The zero-order valence-corrected chi connectivity index (χ0v) is 16.0. The molecule has 0 saturated carbocycles. The predicted octanol–water partition coefficient (Wildman–Crippen LogP) is 1.60. The highest BCUT2D eigenvalue weighted by Gasteiger charge is 2.49. The topological polar surface area (TPSA) is 97.0 Å². The van der Waals surface area contributed by atoms with E-state index in [1.165, 1.54) is 11.3 Å². The molecule has 0 bridgehead atoms. The lowest BCUT2D eigenvalue weighted by Gasteiger charge is -2.25. The largest absolute Gasteiger partial charge is 0.486 e. The van der Waals surface area contributed by atoms with Crippen LogP contribution in [0.3, 0.4) is 0 Å². The minimum atomic E-state index is -1.28. The maximum Gasteiger partial charge on any atom is 0.325 e. The number of benzene rings is 1. The van der Waals surface area contributed by atoms with Gasteiger partial charge in [0.1, 0.15) is 25.3 Å². The summed E-state index contributed by atoms with van der Waals surface area (Å²) in [6, 6.07) is 8.30. The van der Waals surface area contributed by atoms with Crippen LogP contribution in [0.5, 0.6) is 11.5 Å². The van der Waals surface area contributed by atoms with Gasteiger partial charge in [-0.25, -0.2) is 4.79 Å². The summed E-state index contributed by atoms with van der Waals surface area (Å²) in [5.74, 6) is 0.239. The first-order valence-corrected chi connectivity index (χ1v) is 9.68. The standard InChI is InChI=1S/C19H19N3O5S/c1-19(12-4-5-14-15(9-12)27-7-6-26-14)17(24)22(18(25)21-19)11-16(23)20-10-13-3-2-8-28-13/h2-5,8-9H,6-7,10-11H2,1H3,(H,20,23)(H,21,25)/t19-/m1/s1. The highest BCUT2D eigenvalue weighted by molar-refractivity contribution is 7.09. The van der Waals surface area contributed by atoms with Crippen molar-refractivity contribution < 1.29 is 23.9 Å². The van der Waals surface area contributed by atoms with Crippen LogP contribution in [-0.2, 0) is 21.7 Å². The van der Waals surface area contributed by atoms with Gasteiger partial charge in [-0.15, -0.1) is 11.3 Å². The molecule has 8 nitrogen and oxygen atoms in total. The Balaban J connectivity index is 1.47. The Morgan fingerprint density at radius 2 is 2.04 bits per heavy atom. The molecule has 0 aliphatic carbocycles. The fourth-order valence-electron chi connectivity index (χ4n) is 3.19. The van der Waals surface area contributed by atoms with Gasteiger partial charge in [0.15, 0.2) is 11.5 Å². The van der Waals surface area contributed by atoms with Gasteiger partial charge in [-0.1, -0.05) is 12.1 Å². The van der Waals surface area contributed by atoms with E-state index in [0.29, 0.717) is 36.8 Å². The van der Waals surface area contributed by atoms with E-state index < -0.39 is 23.4 Å². The van der Waals surface area contributed by atoms with Crippen molar-refractivity contribution in [2.75, 3.05) is 19.8 Å². The molecule has 1 fully saturated rings. The van der Waals surface area contributed by atoms with Crippen molar-refractivity contribution in [1.29, 1.82) is 0 Å². The van der Waals surface area contributed by atoms with E-state index in [0.717, 1.165) is 9.78 Å². The molecule has 0 radical (unpaired) electrons. The van der Waals surface area contributed by atoms with E-state index >= 15 is 0 Å². The summed E-state index contributed by atoms with van der Waals surface area (Å²) >= 11 is 1.52. The molecule has 1 aromatic heterocycles. The number of fused-ring (bicyclic) bond motifs is 1. The van der Waals surface area contributed by atoms with Crippen molar-refractivity contribution in [3.8, 4) is 11.5 Å². The summed E-state index contributed by atoms with van der Waals surface area (Å²) in [4.78, 5) is 39.5. The van der Waals surface area contributed by atoms with Gasteiger partial charge in [0.2, 0.25) is 5.91 Å². The molecule has 0 unspecified atom stereocenters. The van der Waals surface area contributed by atoms with Crippen LogP contribution >= 0.6 is 11.3 Å². The van der Waals surface area contributed by atoms with Crippen LogP contribution < -0.4 is 20.1 Å². The molecule has 2 N–H and O–H groups in total. The fourth-order valence-corrected chi connectivity index (χ4v) is 3.83. The first kappa shape index (κ1) is 18.3. The number of nitrogens with one attached hydrogen (secondary N) is 2.